The Labute approximate surface area is 178 Å². The maximum atomic E-state index is 12.4. The highest BCUT2D eigenvalue weighted by atomic mass is 79.9. The topological polar surface area (TPSA) is 121 Å². The fourth-order valence-electron chi connectivity index (χ4n) is 2.78. The van der Waals surface area contributed by atoms with Gasteiger partial charge in [-0.2, -0.15) is 10.2 Å². The summed E-state index contributed by atoms with van der Waals surface area (Å²) in [5.41, 5.74) is 1.56. The van der Waals surface area contributed by atoms with Crippen LogP contribution in [0.15, 0.2) is 70.1 Å². The van der Waals surface area contributed by atoms with E-state index in [4.69, 9.17) is 4.42 Å². The number of benzene rings is 1. The molecule has 30 heavy (non-hydrogen) atoms. The van der Waals surface area contributed by atoms with Crippen LogP contribution in [0.2, 0.25) is 0 Å². The Morgan fingerprint density at radius 3 is 2.47 bits per heavy atom. The van der Waals surface area contributed by atoms with Gasteiger partial charge in [-0.25, -0.2) is 0 Å². The lowest BCUT2D eigenvalue weighted by molar-refractivity contribution is -0.385. The molecule has 152 valence electrons. The summed E-state index contributed by atoms with van der Waals surface area (Å²) in [7, 11) is 0. The van der Waals surface area contributed by atoms with Crippen molar-refractivity contribution in [1.82, 2.24) is 19.6 Å². The molecule has 0 spiro atoms. The smallest absolute Gasteiger partial charge is 0.307 e. The van der Waals surface area contributed by atoms with Gasteiger partial charge in [0, 0.05) is 11.9 Å². The number of halogens is 1. The van der Waals surface area contributed by atoms with Crippen LogP contribution in [0.5, 0.6) is 0 Å². The van der Waals surface area contributed by atoms with E-state index in [0.717, 1.165) is 16.2 Å². The summed E-state index contributed by atoms with van der Waals surface area (Å²) in [4.78, 5) is 22.6. The molecule has 0 saturated heterocycles. The van der Waals surface area contributed by atoms with Crippen molar-refractivity contribution in [2.45, 2.75) is 13.1 Å². The van der Waals surface area contributed by atoms with Crippen LogP contribution in [0.25, 0.3) is 0 Å². The summed E-state index contributed by atoms with van der Waals surface area (Å²) < 4.78 is 9.62. The summed E-state index contributed by atoms with van der Waals surface area (Å²) >= 11 is 3.36. The molecule has 11 heteroatoms. The van der Waals surface area contributed by atoms with Crippen molar-refractivity contribution in [3.8, 4) is 0 Å². The van der Waals surface area contributed by atoms with Crippen LogP contribution in [-0.4, -0.2) is 30.4 Å². The third-order valence-corrected chi connectivity index (χ3v) is 4.60. The minimum atomic E-state index is -0.524. The molecule has 0 aliphatic heterocycles. The minimum absolute atomic E-state index is 0.108. The third kappa shape index (κ3) is 4.63. The number of furan rings is 1. The number of nitrogens with zero attached hydrogens (tertiary/aromatic N) is 5. The van der Waals surface area contributed by atoms with Gasteiger partial charge in [0.15, 0.2) is 5.76 Å². The summed E-state index contributed by atoms with van der Waals surface area (Å²) in [5.74, 6) is 0.201. The first-order valence-electron chi connectivity index (χ1n) is 8.80. The molecule has 1 aromatic carbocycles. The zero-order chi connectivity index (χ0) is 21.1. The Morgan fingerprint density at radius 2 is 1.80 bits per heavy atom. The van der Waals surface area contributed by atoms with Crippen molar-refractivity contribution in [3.05, 3.63) is 92.9 Å². The van der Waals surface area contributed by atoms with Crippen molar-refractivity contribution in [2.24, 2.45) is 0 Å². The van der Waals surface area contributed by atoms with E-state index in [2.05, 4.69) is 31.4 Å². The Kier molecular flexibility index (Phi) is 5.44. The van der Waals surface area contributed by atoms with Gasteiger partial charge in [-0.15, -0.1) is 0 Å². The van der Waals surface area contributed by atoms with E-state index in [0.29, 0.717) is 18.0 Å². The quantitative estimate of drug-likeness (QED) is 0.324. The van der Waals surface area contributed by atoms with Crippen LogP contribution in [0.1, 0.15) is 21.9 Å². The van der Waals surface area contributed by atoms with Crippen LogP contribution in [0.4, 0.5) is 11.4 Å². The molecule has 0 aliphatic carbocycles. The number of carbonyl (C=O) groups excluding carboxylic acids is 1. The lowest BCUT2D eigenvalue weighted by Gasteiger charge is -2.06. The van der Waals surface area contributed by atoms with E-state index in [1.807, 2.05) is 18.3 Å². The van der Waals surface area contributed by atoms with Gasteiger partial charge >= 0.3 is 5.69 Å². The van der Waals surface area contributed by atoms with Gasteiger partial charge in [0.25, 0.3) is 5.91 Å². The maximum absolute atomic E-state index is 12.4. The largest absolute Gasteiger partial charge is 0.454 e. The second kappa shape index (κ2) is 8.33. The Hall–Kier alpha value is -3.73. The minimum Gasteiger partial charge on any atom is -0.454 e. The van der Waals surface area contributed by atoms with Gasteiger partial charge < -0.3 is 9.73 Å². The van der Waals surface area contributed by atoms with E-state index in [-0.39, 0.29) is 18.0 Å². The fraction of sp³-hybridized carbons (Fsp3) is 0.105. The number of hydrogen-bond donors (Lipinski definition) is 1. The number of nitro groups is 1. The molecular weight excluding hydrogens is 456 g/mol. The molecule has 3 aromatic heterocycles. The first kappa shape index (κ1) is 19.6. The number of rotatable bonds is 7. The molecule has 3 heterocycles. The second-order valence-corrected chi connectivity index (χ2v) is 7.34. The molecule has 0 unspecified atom stereocenters. The average Bonchev–Trinajstić information content (AvgIpc) is 3.45. The first-order chi connectivity index (χ1) is 14.5. The Bertz CT molecular complexity index is 1190. The lowest BCUT2D eigenvalue weighted by atomic mass is 10.2. The van der Waals surface area contributed by atoms with Crippen molar-refractivity contribution in [2.75, 3.05) is 5.32 Å². The predicted octanol–water partition coefficient (Wildman–Crippen LogP) is 3.69. The van der Waals surface area contributed by atoms with Crippen molar-refractivity contribution in [1.29, 1.82) is 0 Å². The van der Waals surface area contributed by atoms with Crippen molar-refractivity contribution < 1.29 is 14.1 Å². The molecule has 0 bridgehead atoms. The Balaban J connectivity index is 1.36. The lowest BCUT2D eigenvalue weighted by Crippen LogP contribution is -2.11. The maximum Gasteiger partial charge on any atom is 0.307 e. The van der Waals surface area contributed by atoms with Gasteiger partial charge in [0.1, 0.15) is 18.2 Å². The van der Waals surface area contributed by atoms with Crippen molar-refractivity contribution >= 4 is 33.2 Å². The number of carbonyl (C=O) groups is 1. The van der Waals surface area contributed by atoms with Gasteiger partial charge in [-0.1, -0.05) is 12.1 Å². The van der Waals surface area contributed by atoms with Crippen LogP contribution < -0.4 is 5.32 Å². The molecule has 0 atom stereocenters. The van der Waals surface area contributed by atoms with Crippen LogP contribution in [-0.2, 0) is 13.1 Å². The number of amides is 1. The normalized spacial score (nSPS) is 10.8. The molecule has 1 amide bonds. The van der Waals surface area contributed by atoms with Crippen LogP contribution in [0.3, 0.4) is 0 Å². The summed E-state index contributed by atoms with van der Waals surface area (Å²) in [6.07, 6.45) is 6.06. The van der Waals surface area contributed by atoms with Gasteiger partial charge in [0.05, 0.1) is 28.7 Å². The van der Waals surface area contributed by atoms with Crippen LogP contribution >= 0.6 is 15.9 Å². The van der Waals surface area contributed by atoms with E-state index in [9.17, 15) is 14.9 Å². The fourth-order valence-corrected chi connectivity index (χ4v) is 3.10. The zero-order valence-electron chi connectivity index (χ0n) is 15.4. The summed E-state index contributed by atoms with van der Waals surface area (Å²) in [6, 6.07) is 10.6. The highest BCUT2D eigenvalue weighted by Crippen LogP contribution is 2.16. The molecule has 4 rings (SSSR count). The van der Waals surface area contributed by atoms with Crippen LogP contribution in [0, 0.1) is 10.1 Å². The van der Waals surface area contributed by atoms with E-state index >= 15 is 0 Å². The number of anilines is 1. The average molecular weight is 471 g/mol. The molecule has 10 nitrogen and oxygen atoms in total. The van der Waals surface area contributed by atoms with Gasteiger partial charge in [-0.05, 0) is 45.8 Å². The molecule has 1 N–H and O–H groups in total. The number of aromatic nitrogens is 4. The molecule has 0 radical (unpaired) electrons. The monoisotopic (exact) mass is 470 g/mol. The predicted molar refractivity (Wildman–Crippen MR) is 110 cm³/mol. The van der Waals surface area contributed by atoms with Crippen molar-refractivity contribution in [3.63, 3.8) is 0 Å². The molecule has 0 aliphatic rings. The molecule has 0 fully saturated rings. The first-order valence-corrected chi connectivity index (χ1v) is 9.59. The molecule has 0 saturated carbocycles. The van der Waals surface area contributed by atoms with Gasteiger partial charge in [-0.3, -0.25) is 24.3 Å². The number of hydrogen-bond acceptors (Lipinski definition) is 6. The third-order valence-electron chi connectivity index (χ3n) is 4.19. The number of nitrogens with one attached hydrogen (secondary N) is 1. The highest BCUT2D eigenvalue weighted by molar-refractivity contribution is 9.10. The zero-order valence-corrected chi connectivity index (χ0v) is 17.0. The van der Waals surface area contributed by atoms with E-state index < -0.39 is 10.8 Å². The Morgan fingerprint density at radius 1 is 1.07 bits per heavy atom. The molecule has 4 aromatic rings. The SMILES string of the molecule is O=C(Nc1ccc(Cn2cc(Br)cn2)cc1)c1ccc(Cn2cc([N+](=O)[O-])cn2)o1. The molecular formula is C19H15BrN6O4. The second-order valence-electron chi connectivity index (χ2n) is 6.43. The van der Waals surface area contributed by atoms with E-state index in [1.54, 1.807) is 35.1 Å². The summed E-state index contributed by atoms with van der Waals surface area (Å²) in [5, 5.41) is 21.6. The van der Waals surface area contributed by atoms with Gasteiger partial charge in [0.2, 0.25) is 0 Å². The standard InChI is InChI=1S/C19H15BrN6O4/c20-14-7-21-24(10-14)9-13-1-3-15(4-2-13)23-19(27)18-6-5-17(30-18)12-25-11-16(8-22-25)26(28)29/h1-8,10-11H,9,12H2,(H,23,27). The highest BCUT2D eigenvalue weighted by Gasteiger charge is 2.14. The van der Waals surface area contributed by atoms with E-state index in [1.165, 1.54) is 10.9 Å². The summed E-state index contributed by atoms with van der Waals surface area (Å²) in [6.45, 7) is 0.798.